The Morgan fingerprint density at radius 3 is 0.667 bits per heavy atom. The summed E-state index contributed by atoms with van der Waals surface area (Å²) in [6.07, 6.45) is 0. The number of hydrogen-bond donors (Lipinski definition) is 0. The van der Waals surface area contributed by atoms with Crippen LogP contribution < -0.4 is 0 Å². The van der Waals surface area contributed by atoms with Gasteiger partial charge in [-0.05, 0) is 0 Å². The summed E-state index contributed by atoms with van der Waals surface area (Å²) in [4.78, 5) is 0. The van der Waals surface area contributed by atoms with Gasteiger partial charge in [-0.3, -0.25) is 0 Å². The van der Waals surface area contributed by atoms with Crippen LogP contribution in [-0.2, 0) is 40.2 Å². The summed E-state index contributed by atoms with van der Waals surface area (Å²) in [7, 11) is 2.50. The largest absolute Gasteiger partial charge is 0.448 e. The molecule has 0 spiro atoms. The van der Waals surface area contributed by atoms with Crippen LogP contribution >= 0.6 is 0 Å². The molecule has 0 aliphatic carbocycles. The van der Waals surface area contributed by atoms with Crippen LogP contribution in [0.2, 0.25) is 0 Å². The summed E-state index contributed by atoms with van der Waals surface area (Å²) in [5.41, 5.74) is 0. The molecule has 0 aromatic rings. The predicted molar refractivity (Wildman–Crippen MR) is 19.1 cm³/mol. The molecule has 0 unspecified atom stereocenters. The fourth-order valence-corrected chi connectivity index (χ4v) is 0. The maximum atomic E-state index is 5.75. The molecule has 4 N–H and O–H groups in total. The first kappa shape index (κ1) is 26.9. The van der Waals surface area contributed by atoms with E-state index in [1.165, 1.54) is 14.2 Å². The van der Waals surface area contributed by atoms with Crippen molar-refractivity contribution in [3.8, 4) is 0 Å². The fraction of sp³-hybridized carbons (Fsp3) is 1.00. The van der Waals surface area contributed by atoms with Gasteiger partial charge in [0.15, 0.2) is 0 Å². The molecular weight excluding hydrogens is 440 g/mol. The van der Waals surface area contributed by atoms with Crippen molar-refractivity contribution in [3.63, 3.8) is 0 Å². The summed E-state index contributed by atoms with van der Waals surface area (Å²) in [5.74, 6) is 0. The van der Waals surface area contributed by atoms with Crippen molar-refractivity contribution in [1.82, 2.24) is 0 Å². The van der Waals surface area contributed by atoms with E-state index in [1.54, 1.807) is 0 Å². The predicted octanol–water partition coefficient (Wildman–Crippen LogP) is -1.32. The molecule has 0 aliphatic heterocycles. The Hall–Kier alpha value is 1.22. The zero-order valence-corrected chi connectivity index (χ0v) is 8.46. The van der Waals surface area contributed by atoms with Crippen LogP contribution in [0.5, 0.6) is 0 Å². The van der Waals surface area contributed by atoms with E-state index in [-0.39, 0.29) is 40.2 Å². The van der Waals surface area contributed by atoms with Gasteiger partial charge in [0, 0.05) is 40.2 Å². The van der Waals surface area contributed by atoms with E-state index in [9.17, 15) is 0 Å². The smallest absolute Gasteiger partial charge is 0.133 e. The third kappa shape index (κ3) is 62.5. The first-order valence-electron chi connectivity index (χ1n) is 1.00. The van der Waals surface area contributed by atoms with Gasteiger partial charge in [0.1, 0.15) is 14.2 Å². The van der Waals surface area contributed by atoms with Crippen LogP contribution in [0.25, 0.3) is 0 Å². The zero-order valence-electron chi connectivity index (χ0n) is 3.67. The summed E-state index contributed by atoms with van der Waals surface area (Å²) in [6.45, 7) is 0. The van der Waals surface area contributed by atoms with Gasteiger partial charge in [0.25, 0.3) is 0 Å². The maximum absolute atomic E-state index is 5.75. The van der Waals surface area contributed by atoms with Gasteiger partial charge in [-0.25, -0.2) is 0 Å². The average molecular weight is 451 g/mol. The summed E-state index contributed by atoms with van der Waals surface area (Å²) < 4.78 is 0. The Balaban J connectivity index is -0.00000000500. The molecule has 2 nitrogen and oxygen atoms in total. The monoisotopic (exact) mass is 452 g/mol. The molecule has 0 fully saturated rings. The Morgan fingerprint density at radius 1 is 0.667 bits per heavy atom. The minimum absolute atomic E-state index is 0. The summed E-state index contributed by atoms with van der Waals surface area (Å²) >= 11 is 0. The van der Waals surface area contributed by atoms with Gasteiger partial charge in [-0.2, -0.15) is 0 Å². The number of hydrogen-bond acceptors (Lipinski definition) is 0. The molecule has 2 radical (unpaired) electrons. The van der Waals surface area contributed by atoms with E-state index in [0.717, 1.165) is 0 Å². The van der Waals surface area contributed by atoms with Crippen molar-refractivity contribution in [2.24, 2.45) is 0 Å². The molecular formula is C2H10Ir2O2+2. The standard InChI is InChI=1S/2CH4O.2Ir/c2*1-2;;/h2*2H,1H3;;/p+2. The quantitative estimate of drug-likeness (QED) is 0.411. The third-order valence-corrected chi connectivity index (χ3v) is 0. The summed E-state index contributed by atoms with van der Waals surface area (Å²) in [6, 6.07) is 0. The SMILES string of the molecule is C[OH2+].C[OH2+].[Ir].[Ir]. The zero-order chi connectivity index (χ0) is 4.00. The number of rotatable bonds is 0. The second kappa shape index (κ2) is 114. The Morgan fingerprint density at radius 2 is 0.667 bits per heavy atom. The average Bonchev–Trinajstić information content (AvgIpc) is 1.50. The van der Waals surface area contributed by atoms with Crippen molar-refractivity contribution in [1.29, 1.82) is 0 Å². The van der Waals surface area contributed by atoms with Gasteiger partial charge in [-0.1, -0.05) is 0 Å². The van der Waals surface area contributed by atoms with Crippen LogP contribution in [-0.4, -0.2) is 24.4 Å². The molecule has 0 amide bonds. The van der Waals surface area contributed by atoms with Gasteiger partial charge in [0.05, 0.1) is 0 Å². The minimum Gasteiger partial charge on any atom is -0.448 e. The van der Waals surface area contributed by atoms with E-state index in [0.29, 0.717) is 0 Å². The van der Waals surface area contributed by atoms with Crippen LogP contribution in [0.3, 0.4) is 0 Å². The van der Waals surface area contributed by atoms with Crippen molar-refractivity contribution in [2.45, 2.75) is 0 Å². The van der Waals surface area contributed by atoms with Gasteiger partial charge in [-0.15, -0.1) is 0 Å². The maximum Gasteiger partial charge on any atom is 0.133 e. The van der Waals surface area contributed by atoms with Crippen LogP contribution in [0.4, 0.5) is 0 Å². The third-order valence-electron chi connectivity index (χ3n) is 0. The first-order valence-corrected chi connectivity index (χ1v) is 1.00. The van der Waals surface area contributed by atoms with Gasteiger partial charge >= 0.3 is 0 Å². The first-order chi connectivity index (χ1) is 2.00. The van der Waals surface area contributed by atoms with E-state index in [1.807, 2.05) is 0 Å². The topological polar surface area (TPSA) is 45.8 Å². The molecule has 0 atom stereocenters. The Labute approximate surface area is 64.7 Å². The fourth-order valence-electron chi connectivity index (χ4n) is 0. The molecule has 0 rings (SSSR count). The molecule has 0 aromatic carbocycles. The van der Waals surface area contributed by atoms with E-state index < -0.39 is 0 Å². The summed E-state index contributed by atoms with van der Waals surface area (Å²) in [5, 5.41) is 11.5. The van der Waals surface area contributed by atoms with E-state index >= 15 is 0 Å². The Kier molecular flexibility index (Phi) is 512. The van der Waals surface area contributed by atoms with Crippen LogP contribution in [0, 0.1) is 0 Å². The molecule has 0 saturated heterocycles. The second-order valence-corrected chi connectivity index (χ2v) is 0. The van der Waals surface area contributed by atoms with Crippen molar-refractivity contribution >= 4 is 0 Å². The second-order valence-electron chi connectivity index (χ2n) is 0. The van der Waals surface area contributed by atoms with Crippen LogP contribution in [0.1, 0.15) is 0 Å². The van der Waals surface area contributed by atoms with Crippen molar-refractivity contribution in [2.75, 3.05) is 14.2 Å². The van der Waals surface area contributed by atoms with Gasteiger partial charge < -0.3 is 10.2 Å². The molecule has 6 heavy (non-hydrogen) atoms. The molecule has 0 aliphatic rings. The van der Waals surface area contributed by atoms with Crippen LogP contribution in [0.15, 0.2) is 0 Å². The van der Waals surface area contributed by atoms with E-state index in [2.05, 4.69) is 0 Å². The van der Waals surface area contributed by atoms with Gasteiger partial charge in [0.2, 0.25) is 0 Å². The molecule has 0 aromatic heterocycles. The normalized spacial score (nSPS) is 2.00. The molecule has 46 valence electrons. The minimum atomic E-state index is 0. The molecule has 4 heteroatoms. The van der Waals surface area contributed by atoms with Crippen molar-refractivity contribution in [3.05, 3.63) is 0 Å². The van der Waals surface area contributed by atoms with Crippen molar-refractivity contribution < 1.29 is 50.4 Å². The molecule has 0 bridgehead atoms. The molecule has 0 heterocycles. The molecule has 0 saturated carbocycles. The Bertz CT molecular complexity index is 9.51. The van der Waals surface area contributed by atoms with E-state index in [4.69, 9.17) is 10.2 Å².